The molecule has 1 aliphatic heterocycles. The molecule has 0 aromatic heterocycles. The quantitative estimate of drug-likeness (QED) is 0.615. The average molecular weight is 274 g/mol. The summed E-state index contributed by atoms with van der Waals surface area (Å²) in [5.41, 5.74) is 0. The van der Waals surface area contributed by atoms with E-state index in [1.165, 1.54) is 0 Å². The Morgan fingerprint density at radius 2 is 1.63 bits per heavy atom. The number of carbonyl (C=O) groups excluding carboxylic acids is 1. The molecule has 0 aliphatic carbocycles. The molecule has 0 aromatic rings. The predicted octanol–water partition coefficient (Wildman–Crippen LogP) is 0.814. The van der Waals surface area contributed by atoms with Gasteiger partial charge in [-0.3, -0.25) is 0 Å². The van der Waals surface area contributed by atoms with Gasteiger partial charge in [0.25, 0.3) is 0 Å². The Kier molecular flexibility index (Phi) is 8.53. The van der Waals surface area contributed by atoms with Crippen LogP contribution >= 0.6 is 0 Å². The first kappa shape index (κ1) is 16.2. The summed E-state index contributed by atoms with van der Waals surface area (Å²) in [6, 6.07) is 0.0581. The van der Waals surface area contributed by atoms with Gasteiger partial charge in [0, 0.05) is 39.4 Å². The highest BCUT2D eigenvalue weighted by Gasteiger charge is 2.22. The Labute approximate surface area is 115 Å². The lowest BCUT2D eigenvalue weighted by molar-refractivity contribution is 0.0346. The molecule has 0 N–H and O–H groups in total. The molecule has 0 unspecified atom stereocenters. The molecule has 0 aromatic carbocycles. The molecule has 0 saturated carbocycles. The SMILES string of the molecule is CCOCCN(CCOCC)C(=O)N1CCOCC1. The molecule has 1 fully saturated rings. The number of nitrogens with zero attached hydrogens (tertiary/aromatic N) is 2. The van der Waals surface area contributed by atoms with Crippen LogP contribution in [0, 0.1) is 0 Å². The number of carbonyl (C=O) groups is 1. The lowest BCUT2D eigenvalue weighted by Crippen LogP contribution is -2.49. The maximum atomic E-state index is 12.4. The maximum Gasteiger partial charge on any atom is 0.320 e. The number of morpholine rings is 1. The number of hydrogen-bond donors (Lipinski definition) is 0. The lowest BCUT2D eigenvalue weighted by Gasteiger charge is -2.32. The van der Waals surface area contributed by atoms with Crippen molar-refractivity contribution in [3.8, 4) is 0 Å². The van der Waals surface area contributed by atoms with E-state index >= 15 is 0 Å². The minimum absolute atomic E-state index is 0.0581. The van der Waals surface area contributed by atoms with Crippen LogP contribution in [0.25, 0.3) is 0 Å². The van der Waals surface area contributed by atoms with E-state index in [-0.39, 0.29) is 6.03 Å². The van der Waals surface area contributed by atoms with Crippen molar-refractivity contribution >= 4 is 6.03 Å². The zero-order valence-corrected chi connectivity index (χ0v) is 12.1. The molecule has 2 amide bonds. The van der Waals surface area contributed by atoms with Crippen LogP contribution in [-0.4, -0.2) is 81.7 Å². The molecule has 19 heavy (non-hydrogen) atoms. The average Bonchev–Trinajstić information content (AvgIpc) is 2.46. The first-order valence-corrected chi connectivity index (χ1v) is 7.06. The van der Waals surface area contributed by atoms with Crippen molar-refractivity contribution in [2.24, 2.45) is 0 Å². The van der Waals surface area contributed by atoms with Gasteiger partial charge in [-0.15, -0.1) is 0 Å². The first-order valence-electron chi connectivity index (χ1n) is 7.06. The van der Waals surface area contributed by atoms with Gasteiger partial charge in [0.2, 0.25) is 0 Å². The minimum atomic E-state index is 0.0581. The van der Waals surface area contributed by atoms with Crippen LogP contribution < -0.4 is 0 Å². The van der Waals surface area contributed by atoms with Gasteiger partial charge in [-0.05, 0) is 13.8 Å². The third kappa shape index (κ3) is 6.22. The zero-order valence-electron chi connectivity index (χ0n) is 12.1. The molecule has 0 radical (unpaired) electrons. The van der Waals surface area contributed by atoms with Gasteiger partial charge in [-0.2, -0.15) is 0 Å². The first-order chi connectivity index (χ1) is 9.29. The second-order valence-electron chi connectivity index (χ2n) is 4.26. The van der Waals surface area contributed by atoms with Gasteiger partial charge in [0.1, 0.15) is 0 Å². The highest BCUT2D eigenvalue weighted by molar-refractivity contribution is 5.74. The van der Waals surface area contributed by atoms with Crippen molar-refractivity contribution < 1.29 is 19.0 Å². The normalized spacial score (nSPS) is 15.6. The molecule has 0 bridgehead atoms. The third-order valence-corrected chi connectivity index (χ3v) is 2.97. The van der Waals surface area contributed by atoms with E-state index in [1.54, 1.807) is 4.90 Å². The summed E-state index contributed by atoms with van der Waals surface area (Å²) in [5, 5.41) is 0. The molecule has 6 nitrogen and oxygen atoms in total. The van der Waals surface area contributed by atoms with Gasteiger partial charge in [-0.1, -0.05) is 0 Å². The summed E-state index contributed by atoms with van der Waals surface area (Å²) in [7, 11) is 0. The van der Waals surface area contributed by atoms with Crippen molar-refractivity contribution in [2.75, 3.05) is 65.8 Å². The minimum Gasteiger partial charge on any atom is -0.380 e. The van der Waals surface area contributed by atoms with Crippen LogP contribution in [0.15, 0.2) is 0 Å². The molecule has 1 saturated heterocycles. The van der Waals surface area contributed by atoms with E-state index < -0.39 is 0 Å². The summed E-state index contributed by atoms with van der Waals surface area (Å²) < 4.78 is 15.9. The van der Waals surface area contributed by atoms with E-state index in [4.69, 9.17) is 14.2 Å². The molecule has 1 aliphatic rings. The molecular weight excluding hydrogens is 248 g/mol. The Balaban J connectivity index is 2.41. The van der Waals surface area contributed by atoms with Gasteiger partial charge >= 0.3 is 6.03 Å². The van der Waals surface area contributed by atoms with Crippen molar-refractivity contribution in [3.05, 3.63) is 0 Å². The van der Waals surface area contributed by atoms with Gasteiger partial charge in [-0.25, -0.2) is 4.79 Å². The molecule has 6 heteroatoms. The van der Waals surface area contributed by atoms with Crippen LogP contribution in [0.1, 0.15) is 13.8 Å². The highest BCUT2D eigenvalue weighted by Crippen LogP contribution is 2.03. The Bertz CT molecular complexity index is 235. The lowest BCUT2D eigenvalue weighted by atomic mass is 10.4. The van der Waals surface area contributed by atoms with Crippen molar-refractivity contribution in [1.29, 1.82) is 0 Å². The number of urea groups is 1. The van der Waals surface area contributed by atoms with Crippen LogP contribution in [0.5, 0.6) is 0 Å². The van der Waals surface area contributed by atoms with Crippen LogP contribution in [-0.2, 0) is 14.2 Å². The monoisotopic (exact) mass is 274 g/mol. The second-order valence-corrected chi connectivity index (χ2v) is 4.26. The summed E-state index contributed by atoms with van der Waals surface area (Å²) in [6.07, 6.45) is 0. The van der Waals surface area contributed by atoms with Gasteiger partial charge in [0.05, 0.1) is 26.4 Å². The molecule has 0 spiro atoms. The fraction of sp³-hybridized carbons (Fsp3) is 0.923. The van der Waals surface area contributed by atoms with Gasteiger partial charge in [0.15, 0.2) is 0 Å². The number of ether oxygens (including phenoxy) is 3. The molecule has 1 heterocycles. The predicted molar refractivity (Wildman–Crippen MR) is 72.3 cm³/mol. The van der Waals surface area contributed by atoms with E-state index in [1.807, 2.05) is 18.7 Å². The molecule has 0 atom stereocenters. The van der Waals surface area contributed by atoms with E-state index in [9.17, 15) is 4.79 Å². The Morgan fingerprint density at radius 1 is 1.11 bits per heavy atom. The van der Waals surface area contributed by atoms with Crippen LogP contribution in [0.2, 0.25) is 0 Å². The fourth-order valence-corrected chi connectivity index (χ4v) is 1.90. The number of amides is 2. The summed E-state index contributed by atoms with van der Waals surface area (Å²) >= 11 is 0. The van der Waals surface area contributed by atoms with E-state index in [2.05, 4.69) is 0 Å². The van der Waals surface area contributed by atoms with E-state index in [0.717, 1.165) is 0 Å². The topological polar surface area (TPSA) is 51.2 Å². The highest BCUT2D eigenvalue weighted by atomic mass is 16.5. The number of rotatable bonds is 8. The largest absolute Gasteiger partial charge is 0.380 e. The van der Waals surface area contributed by atoms with Crippen molar-refractivity contribution in [2.45, 2.75) is 13.8 Å². The Morgan fingerprint density at radius 3 is 2.11 bits per heavy atom. The Hall–Kier alpha value is -0.850. The van der Waals surface area contributed by atoms with Crippen LogP contribution in [0.3, 0.4) is 0 Å². The van der Waals surface area contributed by atoms with E-state index in [0.29, 0.717) is 65.8 Å². The summed E-state index contributed by atoms with van der Waals surface area (Å²) in [4.78, 5) is 16.0. The van der Waals surface area contributed by atoms with Crippen molar-refractivity contribution in [1.82, 2.24) is 9.80 Å². The molecule has 1 rings (SSSR count). The maximum absolute atomic E-state index is 12.4. The standard InChI is InChI=1S/C13H26N2O4/c1-3-17-9-5-14(6-10-18-4-2)13(16)15-7-11-19-12-8-15/h3-12H2,1-2H3. The molecular formula is C13H26N2O4. The number of hydrogen-bond acceptors (Lipinski definition) is 4. The van der Waals surface area contributed by atoms with Crippen LogP contribution in [0.4, 0.5) is 4.79 Å². The fourth-order valence-electron chi connectivity index (χ4n) is 1.90. The van der Waals surface area contributed by atoms with Crippen molar-refractivity contribution in [3.63, 3.8) is 0 Å². The zero-order chi connectivity index (χ0) is 13.9. The summed E-state index contributed by atoms with van der Waals surface area (Å²) in [5.74, 6) is 0. The van der Waals surface area contributed by atoms with Gasteiger partial charge < -0.3 is 24.0 Å². The summed E-state index contributed by atoms with van der Waals surface area (Å²) in [6.45, 7) is 10.2. The molecule has 112 valence electrons. The third-order valence-electron chi connectivity index (χ3n) is 2.97. The second kappa shape index (κ2) is 10.00. The smallest absolute Gasteiger partial charge is 0.320 e.